The maximum absolute atomic E-state index is 10.6. The molecule has 0 radical (unpaired) electrons. The molecule has 1 N–H and O–H groups in total. The lowest BCUT2D eigenvalue weighted by atomic mass is 10.0. The van der Waals surface area contributed by atoms with Crippen LogP contribution in [-0.4, -0.2) is 38.9 Å². The van der Waals surface area contributed by atoms with Gasteiger partial charge in [0.15, 0.2) is 0 Å². The molecular weight excluding hydrogens is 262 g/mol. The topological polar surface area (TPSA) is 41.3 Å². The second kappa shape index (κ2) is 4.97. The van der Waals surface area contributed by atoms with Crippen molar-refractivity contribution >= 4 is 0 Å². The Morgan fingerprint density at radius 2 is 2.14 bits per heavy atom. The molecule has 1 aliphatic heterocycles. The zero-order valence-corrected chi connectivity index (χ0v) is 12.3. The van der Waals surface area contributed by atoms with E-state index in [4.69, 9.17) is 0 Å². The highest BCUT2D eigenvalue weighted by Gasteiger charge is 2.38. The summed E-state index contributed by atoms with van der Waals surface area (Å²) in [6, 6.07) is 8.54. The van der Waals surface area contributed by atoms with Gasteiger partial charge in [-0.3, -0.25) is 9.58 Å². The zero-order chi connectivity index (χ0) is 14.4. The molecule has 1 aliphatic carbocycles. The molecule has 2 aromatic rings. The van der Waals surface area contributed by atoms with Gasteiger partial charge in [0, 0.05) is 31.7 Å². The molecule has 1 saturated heterocycles. The molecule has 0 spiro atoms. The number of hydrogen-bond donors (Lipinski definition) is 1. The van der Waals surface area contributed by atoms with Crippen molar-refractivity contribution in [1.82, 2.24) is 14.7 Å². The Balaban J connectivity index is 1.50. The van der Waals surface area contributed by atoms with Crippen molar-refractivity contribution in [3.8, 4) is 0 Å². The molecule has 0 saturated carbocycles. The number of hydrogen-bond acceptors (Lipinski definition) is 3. The number of aryl methyl sites for hydroxylation is 1. The minimum absolute atomic E-state index is 0.240. The number of nitrogens with zero attached hydrogens (tertiary/aromatic N) is 3. The highest BCUT2D eigenvalue weighted by Crippen LogP contribution is 2.38. The third-order valence-electron chi connectivity index (χ3n) is 5.05. The number of likely N-dealkylation sites (tertiary alicyclic amines) is 1. The van der Waals surface area contributed by atoms with Crippen molar-refractivity contribution in [3.05, 3.63) is 53.3 Å². The van der Waals surface area contributed by atoms with Gasteiger partial charge in [-0.05, 0) is 36.1 Å². The second-order valence-corrected chi connectivity index (χ2v) is 6.34. The van der Waals surface area contributed by atoms with Gasteiger partial charge in [-0.2, -0.15) is 5.10 Å². The summed E-state index contributed by atoms with van der Waals surface area (Å²) in [7, 11) is 1.97. The van der Waals surface area contributed by atoms with E-state index in [2.05, 4.69) is 34.4 Å². The fourth-order valence-electron chi connectivity index (χ4n) is 3.89. The van der Waals surface area contributed by atoms with Crippen molar-refractivity contribution < 1.29 is 5.11 Å². The molecule has 1 fully saturated rings. The Morgan fingerprint density at radius 3 is 2.90 bits per heavy atom. The third kappa shape index (κ3) is 2.19. The normalized spacial score (nSPS) is 29.0. The molecule has 21 heavy (non-hydrogen) atoms. The molecule has 2 heterocycles. The summed E-state index contributed by atoms with van der Waals surface area (Å²) in [6.45, 7) is 2.09. The van der Waals surface area contributed by atoms with Gasteiger partial charge < -0.3 is 5.11 Å². The summed E-state index contributed by atoms with van der Waals surface area (Å²) in [4.78, 5) is 2.46. The summed E-state index contributed by atoms with van der Waals surface area (Å²) in [6.07, 6.45) is 5.89. The van der Waals surface area contributed by atoms with E-state index in [0.29, 0.717) is 5.92 Å². The van der Waals surface area contributed by atoms with Gasteiger partial charge in [-0.1, -0.05) is 24.3 Å². The monoisotopic (exact) mass is 283 g/mol. The highest BCUT2D eigenvalue weighted by molar-refractivity contribution is 5.36. The molecule has 2 aliphatic rings. The van der Waals surface area contributed by atoms with E-state index in [1.54, 1.807) is 0 Å². The van der Waals surface area contributed by atoms with Crippen LogP contribution in [0.15, 0.2) is 36.7 Å². The van der Waals surface area contributed by atoms with Gasteiger partial charge in [0.1, 0.15) is 0 Å². The molecule has 3 atom stereocenters. The summed E-state index contributed by atoms with van der Waals surface area (Å²) >= 11 is 0. The summed E-state index contributed by atoms with van der Waals surface area (Å²) in [5.74, 6) is 0.551. The average molecular weight is 283 g/mol. The molecule has 4 heteroatoms. The minimum atomic E-state index is -0.339. The fourth-order valence-corrected chi connectivity index (χ4v) is 3.89. The maximum Gasteiger partial charge on any atom is 0.0951 e. The summed E-state index contributed by atoms with van der Waals surface area (Å²) < 4.78 is 1.87. The van der Waals surface area contributed by atoms with Crippen LogP contribution in [0.4, 0.5) is 0 Å². The molecule has 4 rings (SSSR count). The van der Waals surface area contributed by atoms with Crippen molar-refractivity contribution in [2.75, 3.05) is 13.1 Å². The number of aliphatic hydroxyl groups excluding tert-OH is 1. The lowest BCUT2D eigenvalue weighted by Crippen LogP contribution is -2.36. The highest BCUT2D eigenvalue weighted by atomic mass is 16.3. The van der Waals surface area contributed by atoms with Gasteiger partial charge in [0.25, 0.3) is 0 Å². The lowest BCUT2D eigenvalue weighted by Gasteiger charge is -2.26. The molecular formula is C17H21N3O. The first-order valence-electron chi connectivity index (χ1n) is 7.71. The van der Waals surface area contributed by atoms with Crippen LogP contribution in [0.25, 0.3) is 0 Å². The Hall–Kier alpha value is -1.65. The molecule has 3 unspecified atom stereocenters. The SMILES string of the molecule is Cn1cc(C2CCN(C3Cc4ccccc4C3O)C2)cn1. The Labute approximate surface area is 125 Å². The standard InChI is InChI=1S/C17H21N3O/c1-19-10-14(9-18-19)13-6-7-20(11-13)16-8-12-4-2-3-5-15(12)17(16)21/h2-5,9-10,13,16-17,21H,6-8,11H2,1H3. The Bertz CT molecular complexity index is 651. The molecule has 1 aromatic heterocycles. The molecule has 110 valence electrons. The van der Waals surface area contributed by atoms with Crippen LogP contribution in [0.2, 0.25) is 0 Å². The smallest absolute Gasteiger partial charge is 0.0951 e. The zero-order valence-electron chi connectivity index (χ0n) is 12.3. The maximum atomic E-state index is 10.6. The van der Waals surface area contributed by atoms with Gasteiger partial charge in [-0.25, -0.2) is 0 Å². The first kappa shape index (κ1) is 13.0. The van der Waals surface area contributed by atoms with E-state index < -0.39 is 0 Å². The van der Waals surface area contributed by atoms with Gasteiger partial charge >= 0.3 is 0 Å². The van der Waals surface area contributed by atoms with Crippen LogP contribution < -0.4 is 0 Å². The van der Waals surface area contributed by atoms with Crippen molar-refractivity contribution in [2.45, 2.75) is 30.9 Å². The van der Waals surface area contributed by atoms with Gasteiger partial charge in [-0.15, -0.1) is 0 Å². The van der Waals surface area contributed by atoms with Crippen molar-refractivity contribution in [2.24, 2.45) is 7.05 Å². The van der Waals surface area contributed by atoms with Crippen LogP contribution in [0.1, 0.15) is 35.1 Å². The van der Waals surface area contributed by atoms with E-state index in [9.17, 15) is 5.11 Å². The van der Waals surface area contributed by atoms with Crippen LogP contribution in [0, 0.1) is 0 Å². The second-order valence-electron chi connectivity index (χ2n) is 6.34. The van der Waals surface area contributed by atoms with Crippen LogP contribution >= 0.6 is 0 Å². The quantitative estimate of drug-likeness (QED) is 0.915. The Morgan fingerprint density at radius 1 is 1.29 bits per heavy atom. The average Bonchev–Trinajstić information content (AvgIpc) is 3.18. The van der Waals surface area contributed by atoms with Crippen LogP contribution in [0.3, 0.4) is 0 Å². The predicted octanol–water partition coefficient (Wildman–Crippen LogP) is 1.87. The predicted molar refractivity (Wildman–Crippen MR) is 81.0 cm³/mol. The van der Waals surface area contributed by atoms with Gasteiger partial charge in [0.05, 0.1) is 12.3 Å². The van der Waals surface area contributed by atoms with E-state index in [-0.39, 0.29) is 12.1 Å². The number of aromatic nitrogens is 2. The van der Waals surface area contributed by atoms with E-state index in [1.165, 1.54) is 11.1 Å². The fraction of sp³-hybridized carbons (Fsp3) is 0.471. The van der Waals surface area contributed by atoms with E-state index >= 15 is 0 Å². The summed E-state index contributed by atoms with van der Waals surface area (Å²) in [5.41, 5.74) is 3.75. The first-order chi connectivity index (χ1) is 10.2. The summed E-state index contributed by atoms with van der Waals surface area (Å²) in [5, 5.41) is 14.9. The number of benzene rings is 1. The molecule has 0 amide bonds. The third-order valence-corrected chi connectivity index (χ3v) is 5.05. The van der Waals surface area contributed by atoms with Crippen LogP contribution in [-0.2, 0) is 13.5 Å². The lowest BCUT2D eigenvalue weighted by molar-refractivity contribution is 0.0742. The first-order valence-corrected chi connectivity index (χ1v) is 7.71. The number of rotatable bonds is 2. The minimum Gasteiger partial charge on any atom is -0.387 e. The van der Waals surface area contributed by atoms with E-state index in [0.717, 1.165) is 31.5 Å². The van der Waals surface area contributed by atoms with Gasteiger partial charge in [0.2, 0.25) is 0 Å². The molecule has 0 bridgehead atoms. The molecule has 4 nitrogen and oxygen atoms in total. The largest absolute Gasteiger partial charge is 0.387 e. The van der Waals surface area contributed by atoms with Crippen molar-refractivity contribution in [1.29, 1.82) is 0 Å². The Kier molecular flexibility index (Phi) is 3.08. The molecule has 1 aromatic carbocycles. The number of fused-ring (bicyclic) bond motifs is 1. The number of aliphatic hydroxyl groups is 1. The van der Waals surface area contributed by atoms with Crippen molar-refractivity contribution in [3.63, 3.8) is 0 Å². The van der Waals surface area contributed by atoms with E-state index in [1.807, 2.05) is 24.0 Å². The van der Waals surface area contributed by atoms with Crippen LogP contribution in [0.5, 0.6) is 0 Å².